The van der Waals surface area contributed by atoms with Crippen molar-refractivity contribution in [3.63, 3.8) is 0 Å². The molecule has 0 spiro atoms. The van der Waals surface area contributed by atoms with Gasteiger partial charge in [0, 0.05) is 23.0 Å². The van der Waals surface area contributed by atoms with E-state index in [0.717, 1.165) is 28.1 Å². The van der Waals surface area contributed by atoms with E-state index in [-0.39, 0.29) is 0 Å². The molecule has 0 aliphatic carbocycles. The second-order valence-corrected chi connectivity index (χ2v) is 5.53. The van der Waals surface area contributed by atoms with E-state index < -0.39 is 6.09 Å². The summed E-state index contributed by atoms with van der Waals surface area (Å²) in [6.45, 7) is 3.84. The predicted octanol–water partition coefficient (Wildman–Crippen LogP) is 4.52. The second-order valence-electron chi connectivity index (χ2n) is 5.53. The minimum Gasteiger partial charge on any atom is -0.465 e. The van der Waals surface area contributed by atoms with Gasteiger partial charge in [0.05, 0.1) is 17.1 Å². The van der Waals surface area contributed by atoms with Gasteiger partial charge in [-0.1, -0.05) is 30.3 Å². The molecule has 0 saturated heterocycles. The second kappa shape index (κ2) is 6.50. The fraction of sp³-hybridized carbons (Fsp3) is 0.105. The number of benzene rings is 1. The number of carboxylic acid groups (broad SMARTS) is 1. The molecule has 2 heterocycles. The molecule has 3 rings (SSSR count). The van der Waals surface area contributed by atoms with Crippen LogP contribution in [-0.4, -0.2) is 21.2 Å². The van der Waals surface area contributed by atoms with Crippen LogP contribution in [0.15, 0.2) is 54.7 Å². The highest BCUT2D eigenvalue weighted by atomic mass is 16.4. The van der Waals surface area contributed by atoms with Gasteiger partial charge in [-0.2, -0.15) is 0 Å². The molecular formula is C19H17N3O2. The molecular weight excluding hydrogens is 302 g/mol. The Morgan fingerprint density at radius 3 is 2.38 bits per heavy atom. The fourth-order valence-corrected chi connectivity index (χ4v) is 2.54. The van der Waals surface area contributed by atoms with E-state index in [2.05, 4.69) is 10.3 Å². The first kappa shape index (κ1) is 15.7. The summed E-state index contributed by atoms with van der Waals surface area (Å²) in [4.78, 5) is 20.2. The summed E-state index contributed by atoms with van der Waals surface area (Å²) in [5, 5.41) is 11.5. The Hall–Kier alpha value is -3.21. The molecule has 1 aromatic carbocycles. The van der Waals surface area contributed by atoms with Gasteiger partial charge in [0.15, 0.2) is 0 Å². The van der Waals surface area contributed by atoms with E-state index in [9.17, 15) is 4.79 Å². The summed E-state index contributed by atoms with van der Waals surface area (Å²) in [6, 6.07) is 15.2. The van der Waals surface area contributed by atoms with Crippen molar-refractivity contribution in [2.24, 2.45) is 0 Å². The van der Waals surface area contributed by atoms with Crippen LogP contribution in [-0.2, 0) is 0 Å². The van der Waals surface area contributed by atoms with E-state index in [1.165, 1.54) is 0 Å². The summed E-state index contributed by atoms with van der Waals surface area (Å²) < 4.78 is 0. The molecule has 2 aromatic heterocycles. The standard InChI is InChI=1S/C19H17N3O2/c1-12-10-16(21-19(23)24)18(14-6-4-3-5-7-14)22-17(12)15-9-8-13(2)20-11-15/h3-11,21H,1-2H3,(H,23,24). The highest BCUT2D eigenvalue weighted by Gasteiger charge is 2.14. The van der Waals surface area contributed by atoms with E-state index in [0.29, 0.717) is 11.4 Å². The number of nitrogens with zero attached hydrogens (tertiary/aromatic N) is 2. The average Bonchev–Trinajstić information content (AvgIpc) is 2.56. The summed E-state index contributed by atoms with van der Waals surface area (Å²) in [6.07, 6.45) is 0.669. The van der Waals surface area contributed by atoms with Crippen molar-refractivity contribution in [3.05, 3.63) is 66.0 Å². The van der Waals surface area contributed by atoms with Crippen molar-refractivity contribution < 1.29 is 9.90 Å². The van der Waals surface area contributed by atoms with Crippen molar-refractivity contribution in [2.45, 2.75) is 13.8 Å². The number of anilines is 1. The Kier molecular flexibility index (Phi) is 4.24. The van der Waals surface area contributed by atoms with Crippen molar-refractivity contribution in [1.29, 1.82) is 0 Å². The number of pyridine rings is 2. The lowest BCUT2D eigenvalue weighted by molar-refractivity contribution is 0.210. The third-order valence-electron chi connectivity index (χ3n) is 3.69. The van der Waals surface area contributed by atoms with E-state index in [1.807, 2.05) is 56.3 Å². The van der Waals surface area contributed by atoms with Gasteiger partial charge >= 0.3 is 6.09 Å². The Bertz CT molecular complexity index is 875. The Morgan fingerprint density at radius 2 is 1.75 bits per heavy atom. The minimum absolute atomic E-state index is 0.468. The summed E-state index contributed by atoms with van der Waals surface area (Å²) in [5.41, 5.74) is 5.42. The van der Waals surface area contributed by atoms with E-state index in [1.54, 1.807) is 12.3 Å². The fourth-order valence-electron chi connectivity index (χ4n) is 2.54. The molecule has 0 saturated carbocycles. The molecule has 5 nitrogen and oxygen atoms in total. The molecule has 5 heteroatoms. The lowest BCUT2D eigenvalue weighted by Gasteiger charge is -2.14. The largest absolute Gasteiger partial charge is 0.465 e. The van der Waals surface area contributed by atoms with Gasteiger partial charge in [-0.3, -0.25) is 10.3 Å². The molecule has 0 aliphatic heterocycles. The molecule has 3 aromatic rings. The number of aryl methyl sites for hydroxylation is 2. The Morgan fingerprint density at radius 1 is 1.00 bits per heavy atom. The number of carbonyl (C=O) groups is 1. The van der Waals surface area contributed by atoms with Gasteiger partial charge < -0.3 is 5.11 Å². The SMILES string of the molecule is Cc1ccc(-c2nc(-c3ccccc3)c(NC(=O)O)cc2C)cn1. The number of hydrogen-bond donors (Lipinski definition) is 2. The quantitative estimate of drug-likeness (QED) is 0.744. The smallest absolute Gasteiger partial charge is 0.409 e. The zero-order valence-electron chi connectivity index (χ0n) is 13.4. The monoisotopic (exact) mass is 319 g/mol. The maximum absolute atomic E-state index is 11.1. The third kappa shape index (κ3) is 3.25. The molecule has 0 bridgehead atoms. The average molecular weight is 319 g/mol. The van der Waals surface area contributed by atoms with Crippen LogP contribution < -0.4 is 5.32 Å². The first-order valence-corrected chi connectivity index (χ1v) is 7.54. The lowest BCUT2D eigenvalue weighted by Crippen LogP contribution is -2.10. The number of amides is 1. The van der Waals surface area contributed by atoms with Crippen LogP contribution in [0.3, 0.4) is 0 Å². The van der Waals surface area contributed by atoms with Crippen LogP contribution in [0.25, 0.3) is 22.5 Å². The highest BCUT2D eigenvalue weighted by molar-refractivity contribution is 5.90. The lowest BCUT2D eigenvalue weighted by atomic mass is 10.0. The summed E-state index contributed by atoms with van der Waals surface area (Å²) in [7, 11) is 0. The van der Waals surface area contributed by atoms with Crippen LogP contribution >= 0.6 is 0 Å². The van der Waals surface area contributed by atoms with Gasteiger partial charge in [-0.05, 0) is 37.6 Å². The molecule has 2 N–H and O–H groups in total. The normalized spacial score (nSPS) is 10.4. The molecule has 0 atom stereocenters. The van der Waals surface area contributed by atoms with Crippen LogP contribution in [0.2, 0.25) is 0 Å². The van der Waals surface area contributed by atoms with Gasteiger partial charge in [0.2, 0.25) is 0 Å². The zero-order valence-corrected chi connectivity index (χ0v) is 13.4. The van der Waals surface area contributed by atoms with Crippen molar-refractivity contribution in [3.8, 4) is 22.5 Å². The zero-order chi connectivity index (χ0) is 17.1. The number of aromatic nitrogens is 2. The first-order valence-electron chi connectivity index (χ1n) is 7.54. The number of hydrogen-bond acceptors (Lipinski definition) is 3. The number of rotatable bonds is 3. The van der Waals surface area contributed by atoms with Crippen molar-refractivity contribution in [1.82, 2.24) is 9.97 Å². The molecule has 0 unspecified atom stereocenters. The number of nitrogens with one attached hydrogen (secondary N) is 1. The van der Waals surface area contributed by atoms with E-state index in [4.69, 9.17) is 10.1 Å². The molecule has 1 amide bonds. The van der Waals surface area contributed by atoms with Gasteiger partial charge in [0.1, 0.15) is 0 Å². The minimum atomic E-state index is -1.11. The summed E-state index contributed by atoms with van der Waals surface area (Å²) in [5.74, 6) is 0. The van der Waals surface area contributed by atoms with Crippen LogP contribution in [0.5, 0.6) is 0 Å². The van der Waals surface area contributed by atoms with Gasteiger partial charge in [-0.15, -0.1) is 0 Å². The molecule has 0 radical (unpaired) electrons. The van der Waals surface area contributed by atoms with Crippen LogP contribution in [0.4, 0.5) is 10.5 Å². The molecule has 24 heavy (non-hydrogen) atoms. The Labute approximate surface area is 140 Å². The topological polar surface area (TPSA) is 75.1 Å². The predicted molar refractivity (Wildman–Crippen MR) is 94.0 cm³/mol. The molecule has 120 valence electrons. The molecule has 0 fully saturated rings. The van der Waals surface area contributed by atoms with Gasteiger partial charge in [-0.25, -0.2) is 9.78 Å². The molecule has 0 aliphatic rings. The van der Waals surface area contributed by atoms with E-state index >= 15 is 0 Å². The maximum atomic E-state index is 11.1. The third-order valence-corrected chi connectivity index (χ3v) is 3.69. The first-order chi connectivity index (χ1) is 11.5. The van der Waals surface area contributed by atoms with Crippen LogP contribution in [0.1, 0.15) is 11.3 Å². The van der Waals surface area contributed by atoms with Gasteiger partial charge in [0.25, 0.3) is 0 Å². The van der Waals surface area contributed by atoms with Crippen LogP contribution in [0, 0.1) is 13.8 Å². The van der Waals surface area contributed by atoms with Crippen molar-refractivity contribution in [2.75, 3.05) is 5.32 Å². The Balaban J connectivity index is 2.18. The maximum Gasteiger partial charge on any atom is 0.409 e. The summed E-state index contributed by atoms with van der Waals surface area (Å²) >= 11 is 0. The van der Waals surface area contributed by atoms with Crippen molar-refractivity contribution >= 4 is 11.8 Å². The highest BCUT2D eigenvalue weighted by Crippen LogP contribution is 2.32.